The van der Waals surface area contributed by atoms with Crippen LogP contribution in [0.25, 0.3) is 0 Å². The van der Waals surface area contributed by atoms with E-state index in [4.69, 9.17) is 0 Å². The van der Waals surface area contributed by atoms with E-state index in [-0.39, 0.29) is 6.03 Å². The van der Waals surface area contributed by atoms with Crippen LogP contribution >= 0.6 is 0 Å². The fraction of sp³-hybridized carbons (Fsp3) is 0.889. The van der Waals surface area contributed by atoms with Gasteiger partial charge in [0.1, 0.15) is 0 Å². The van der Waals surface area contributed by atoms with Gasteiger partial charge in [-0.05, 0) is 19.9 Å². The van der Waals surface area contributed by atoms with Gasteiger partial charge in [-0.15, -0.1) is 0 Å². The van der Waals surface area contributed by atoms with Crippen LogP contribution in [0.4, 0.5) is 4.79 Å². The smallest absolute Gasteiger partial charge is 0.317 e. The molecule has 0 saturated carbocycles. The van der Waals surface area contributed by atoms with Gasteiger partial charge < -0.3 is 15.1 Å². The number of hydrogen-bond donors (Lipinski definition) is 1. The Morgan fingerprint density at radius 2 is 1.92 bits per heavy atom. The Balaban J connectivity index is 1.72. The Labute approximate surface area is 78.9 Å². The maximum Gasteiger partial charge on any atom is 0.317 e. The first-order valence-electron chi connectivity index (χ1n) is 5.00. The largest absolute Gasteiger partial charge is 0.333 e. The molecule has 2 fully saturated rings. The summed E-state index contributed by atoms with van der Waals surface area (Å²) in [6.07, 6.45) is 2.33. The maximum atomic E-state index is 11.6. The number of urea groups is 1. The second-order valence-corrected chi connectivity index (χ2v) is 4.06. The molecule has 0 bridgehead atoms. The van der Waals surface area contributed by atoms with E-state index < -0.39 is 0 Å². The Morgan fingerprint density at radius 1 is 1.31 bits per heavy atom. The van der Waals surface area contributed by atoms with Gasteiger partial charge in [0.2, 0.25) is 0 Å². The number of carbonyl (C=O) groups excluding carboxylic acids is 1. The number of nitrogens with zero attached hydrogens (tertiary/aromatic N) is 2. The zero-order valence-electron chi connectivity index (χ0n) is 8.12. The molecule has 0 radical (unpaired) electrons. The lowest BCUT2D eigenvalue weighted by Gasteiger charge is -2.37. The molecular formula is C9H17N3O. The summed E-state index contributed by atoms with van der Waals surface area (Å²) in [4.78, 5) is 15.7. The molecular weight excluding hydrogens is 166 g/mol. The summed E-state index contributed by atoms with van der Waals surface area (Å²) in [7, 11) is 2.07. The van der Waals surface area contributed by atoms with Crippen LogP contribution in [0.2, 0.25) is 0 Å². The van der Waals surface area contributed by atoms with Crippen molar-refractivity contribution in [3.8, 4) is 0 Å². The zero-order chi connectivity index (χ0) is 9.26. The van der Waals surface area contributed by atoms with Gasteiger partial charge in [0, 0.05) is 26.2 Å². The Morgan fingerprint density at radius 3 is 2.46 bits per heavy atom. The molecule has 2 saturated heterocycles. The molecule has 2 amide bonds. The van der Waals surface area contributed by atoms with Crippen LogP contribution in [-0.2, 0) is 0 Å². The van der Waals surface area contributed by atoms with Crippen molar-refractivity contribution in [2.75, 3.05) is 33.2 Å². The molecule has 1 N–H and O–H groups in total. The lowest BCUT2D eigenvalue weighted by atomic mass is 10.1. The summed E-state index contributed by atoms with van der Waals surface area (Å²) in [6, 6.07) is 0.522. The van der Waals surface area contributed by atoms with Gasteiger partial charge in [-0.2, -0.15) is 0 Å². The zero-order valence-corrected chi connectivity index (χ0v) is 8.12. The van der Waals surface area contributed by atoms with Gasteiger partial charge in [0.15, 0.2) is 0 Å². The quantitative estimate of drug-likeness (QED) is 0.626. The van der Waals surface area contributed by atoms with Crippen molar-refractivity contribution < 1.29 is 4.79 Å². The van der Waals surface area contributed by atoms with Gasteiger partial charge in [0.05, 0.1) is 6.04 Å². The predicted octanol–water partition coefficient (Wildman–Crippen LogP) is 0.106. The number of rotatable bonds is 1. The molecule has 13 heavy (non-hydrogen) atoms. The van der Waals surface area contributed by atoms with Crippen LogP contribution in [0.5, 0.6) is 0 Å². The minimum absolute atomic E-state index is 0.135. The lowest BCUT2D eigenvalue weighted by Crippen LogP contribution is -2.59. The highest BCUT2D eigenvalue weighted by atomic mass is 16.2. The highest BCUT2D eigenvalue weighted by Gasteiger charge is 2.27. The molecule has 0 atom stereocenters. The SMILES string of the molecule is CN1CC(NC(=O)N2CCCC2)C1. The van der Waals surface area contributed by atoms with Crippen molar-refractivity contribution in [2.24, 2.45) is 0 Å². The van der Waals surface area contributed by atoms with Crippen LogP contribution in [-0.4, -0.2) is 55.1 Å². The fourth-order valence-corrected chi connectivity index (χ4v) is 1.98. The molecule has 2 aliphatic heterocycles. The van der Waals surface area contributed by atoms with Crippen LogP contribution in [0.3, 0.4) is 0 Å². The van der Waals surface area contributed by atoms with E-state index >= 15 is 0 Å². The van der Waals surface area contributed by atoms with Crippen LogP contribution in [0, 0.1) is 0 Å². The van der Waals surface area contributed by atoms with Gasteiger partial charge in [-0.25, -0.2) is 4.79 Å². The molecule has 0 aromatic carbocycles. The van der Waals surface area contributed by atoms with Crippen molar-refractivity contribution in [1.29, 1.82) is 0 Å². The van der Waals surface area contributed by atoms with E-state index in [1.807, 2.05) is 4.90 Å². The number of carbonyl (C=O) groups is 1. The molecule has 2 aliphatic rings. The highest BCUT2D eigenvalue weighted by Crippen LogP contribution is 2.09. The molecule has 4 heteroatoms. The van der Waals surface area contributed by atoms with Crippen molar-refractivity contribution in [1.82, 2.24) is 15.1 Å². The number of nitrogens with one attached hydrogen (secondary N) is 1. The summed E-state index contributed by atoms with van der Waals surface area (Å²) >= 11 is 0. The van der Waals surface area contributed by atoms with Gasteiger partial charge in [-0.3, -0.25) is 0 Å². The monoisotopic (exact) mass is 183 g/mol. The Kier molecular flexibility index (Phi) is 2.40. The number of hydrogen-bond acceptors (Lipinski definition) is 2. The predicted molar refractivity (Wildman–Crippen MR) is 50.6 cm³/mol. The molecule has 2 rings (SSSR count). The molecule has 0 aliphatic carbocycles. The number of likely N-dealkylation sites (tertiary alicyclic amines) is 2. The summed E-state index contributed by atoms with van der Waals surface area (Å²) in [6.45, 7) is 3.88. The van der Waals surface area contributed by atoms with E-state index in [0.717, 1.165) is 39.0 Å². The third-order valence-electron chi connectivity index (χ3n) is 2.78. The molecule has 2 heterocycles. The summed E-state index contributed by atoms with van der Waals surface area (Å²) in [5.41, 5.74) is 0. The van der Waals surface area contributed by atoms with E-state index in [2.05, 4.69) is 17.3 Å². The average molecular weight is 183 g/mol. The van der Waals surface area contributed by atoms with E-state index in [9.17, 15) is 4.79 Å². The van der Waals surface area contributed by atoms with Gasteiger partial charge >= 0.3 is 6.03 Å². The first-order chi connectivity index (χ1) is 6.25. The molecule has 74 valence electrons. The highest BCUT2D eigenvalue weighted by molar-refractivity contribution is 5.74. The van der Waals surface area contributed by atoms with Crippen molar-refractivity contribution in [3.63, 3.8) is 0 Å². The van der Waals surface area contributed by atoms with E-state index in [1.165, 1.54) is 0 Å². The molecule has 0 spiro atoms. The number of likely N-dealkylation sites (N-methyl/N-ethyl adjacent to an activating group) is 1. The van der Waals surface area contributed by atoms with Crippen molar-refractivity contribution in [2.45, 2.75) is 18.9 Å². The molecule has 4 nitrogen and oxygen atoms in total. The van der Waals surface area contributed by atoms with Crippen LogP contribution in [0.1, 0.15) is 12.8 Å². The summed E-state index contributed by atoms with van der Waals surface area (Å²) in [5, 5.41) is 3.03. The second-order valence-electron chi connectivity index (χ2n) is 4.06. The second kappa shape index (κ2) is 3.54. The van der Waals surface area contributed by atoms with Crippen molar-refractivity contribution in [3.05, 3.63) is 0 Å². The third-order valence-corrected chi connectivity index (χ3v) is 2.78. The summed E-state index contributed by atoms with van der Waals surface area (Å²) in [5.74, 6) is 0. The Bertz CT molecular complexity index is 195. The van der Waals surface area contributed by atoms with E-state index in [0.29, 0.717) is 6.04 Å². The topological polar surface area (TPSA) is 35.6 Å². The average Bonchev–Trinajstić information content (AvgIpc) is 2.53. The van der Waals surface area contributed by atoms with Gasteiger partial charge in [0.25, 0.3) is 0 Å². The Hall–Kier alpha value is -0.770. The minimum atomic E-state index is 0.135. The molecule has 0 aromatic rings. The molecule has 0 unspecified atom stereocenters. The fourth-order valence-electron chi connectivity index (χ4n) is 1.98. The first kappa shape index (κ1) is 8.81. The molecule has 0 aromatic heterocycles. The van der Waals surface area contributed by atoms with E-state index in [1.54, 1.807) is 0 Å². The first-order valence-corrected chi connectivity index (χ1v) is 5.00. The summed E-state index contributed by atoms with van der Waals surface area (Å²) < 4.78 is 0. The minimum Gasteiger partial charge on any atom is -0.333 e. The van der Waals surface area contributed by atoms with Crippen LogP contribution < -0.4 is 5.32 Å². The number of amides is 2. The normalized spacial score (nSPS) is 24.5. The lowest BCUT2D eigenvalue weighted by molar-refractivity contribution is 0.150. The van der Waals surface area contributed by atoms with Crippen LogP contribution in [0.15, 0.2) is 0 Å². The standard InChI is InChI=1S/C9H17N3O/c1-11-6-8(7-11)10-9(13)12-4-2-3-5-12/h8H,2-7H2,1H3,(H,10,13). The van der Waals surface area contributed by atoms with Gasteiger partial charge in [-0.1, -0.05) is 0 Å². The third kappa shape index (κ3) is 1.94. The maximum absolute atomic E-state index is 11.6. The van der Waals surface area contributed by atoms with Crippen molar-refractivity contribution >= 4 is 6.03 Å².